The number of aromatic nitrogens is 9. The third-order valence-electron chi connectivity index (χ3n) is 7.23. The molecule has 10 nitrogen and oxygen atoms in total. The standard InChI is InChI=1S/C30H30N10/c1-4-10-22(11-5-1)16-28(25-19-31-37-34-25)40(29(26-20-32-38-35-26)17-23-12-6-2-7-13-23)30(27-21-33-39-36-27)18-24-14-8-3-9-15-24/h1-15,19-21,28-30H,16-18H2,(H,31,34,37)(H,32,35,38)(H,33,36,39). The summed E-state index contributed by atoms with van der Waals surface area (Å²) in [6, 6.07) is 30.9. The molecule has 3 aromatic heterocycles. The predicted octanol–water partition coefficient (Wildman–Crippen LogP) is 4.59. The molecule has 0 aliphatic carbocycles. The molecule has 0 aliphatic heterocycles. The molecule has 3 heterocycles. The average molecular weight is 531 g/mol. The molecule has 200 valence electrons. The van der Waals surface area contributed by atoms with Gasteiger partial charge in [-0.2, -0.15) is 0 Å². The molecule has 0 radical (unpaired) electrons. The lowest BCUT2D eigenvalue weighted by molar-refractivity contribution is 0.0661. The highest BCUT2D eigenvalue weighted by Gasteiger charge is 2.39. The van der Waals surface area contributed by atoms with Gasteiger partial charge in [0.05, 0.1) is 35.2 Å². The fourth-order valence-corrected chi connectivity index (χ4v) is 5.37. The van der Waals surface area contributed by atoms with Crippen LogP contribution in [0.1, 0.15) is 51.9 Å². The van der Waals surface area contributed by atoms with Crippen LogP contribution in [0, 0.1) is 0 Å². The Bertz CT molecular complexity index is 1330. The second-order valence-corrected chi connectivity index (χ2v) is 9.76. The second kappa shape index (κ2) is 12.3. The maximum atomic E-state index is 4.54. The highest BCUT2D eigenvalue weighted by molar-refractivity contribution is 5.25. The summed E-state index contributed by atoms with van der Waals surface area (Å²) in [6.07, 6.45) is 7.76. The van der Waals surface area contributed by atoms with Crippen LogP contribution in [0.25, 0.3) is 0 Å². The number of aromatic amines is 3. The molecular formula is C30H30N10. The molecule has 0 bridgehead atoms. The van der Waals surface area contributed by atoms with E-state index in [1.165, 1.54) is 16.7 Å². The van der Waals surface area contributed by atoms with Crippen LogP contribution in [-0.2, 0) is 19.3 Å². The van der Waals surface area contributed by atoms with Crippen molar-refractivity contribution in [2.45, 2.75) is 37.4 Å². The van der Waals surface area contributed by atoms with Crippen LogP contribution < -0.4 is 0 Å². The van der Waals surface area contributed by atoms with Gasteiger partial charge < -0.3 is 0 Å². The number of rotatable bonds is 12. The summed E-state index contributed by atoms with van der Waals surface area (Å²) in [6.45, 7) is 0. The molecule has 0 saturated carbocycles. The Kier molecular flexibility index (Phi) is 7.77. The van der Waals surface area contributed by atoms with Crippen LogP contribution in [0.4, 0.5) is 0 Å². The zero-order chi connectivity index (χ0) is 27.0. The molecular weight excluding hydrogens is 500 g/mol. The molecule has 0 saturated heterocycles. The first-order valence-corrected chi connectivity index (χ1v) is 13.3. The van der Waals surface area contributed by atoms with Crippen molar-refractivity contribution in [1.29, 1.82) is 0 Å². The molecule has 10 heteroatoms. The molecule has 3 N–H and O–H groups in total. The van der Waals surface area contributed by atoms with Crippen LogP contribution in [0.3, 0.4) is 0 Å². The van der Waals surface area contributed by atoms with Crippen molar-refractivity contribution in [3.8, 4) is 0 Å². The van der Waals surface area contributed by atoms with Crippen LogP contribution in [0.5, 0.6) is 0 Å². The van der Waals surface area contributed by atoms with E-state index in [0.717, 1.165) is 17.1 Å². The van der Waals surface area contributed by atoms with Crippen LogP contribution >= 0.6 is 0 Å². The third-order valence-corrected chi connectivity index (χ3v) is 7.23. The summed E-state index contributed by atoms with van der Waals surface area (Å²) < 4.78 is 0. The van der Waals surface area contributed by atoms with Crippen molar-refractivity contribution in [1.82, 2.24) is 51.1 Å². The van der Waals surface area contributed by atoms with Gasteiger partial charge in [0.25, 0.3) is 0 Å². The maximum absolute atomic E-state index is 4.54. The van der Waals surface area contributed by atoms with E-state index in [4.69, 9.17) is 0 Å². The summed E-state index contributed by atoms with van der Waals surface area (Å²) in [5.41, 5.74) is 6.10. The van der Waals surface area contributed by atoms with Gasteiger partial charge in [0.2, 0.25) is 0 Å². The fourth-order valence-electron chi connectivity index (χ4n) is 5.37. The van der Waals surface area contributed by atoms with Gasteiger partial charge >= 0.3 is 0 Å². The van der Waals surface area contributed by atoms with Gasteiger partial charge in [-0.15, -0.1) is 15.3 Å². The van der Waals surface area contributed by atoms with Crippen molar-refractivity contribution in [2.75, 3.05) is 0 Å². The minimum absolute atomic E-state index is 0.169. The smallest absolute Gasteiger partial charge is 0.0999 e. The SMILES string of the molecule is c1ccc(CC(c2c[nH]nn2)N(C(Cc2ccccc2)c2c[nH]nn2)C(Cc2ccccc2)c2c[nH]nn2)cc1. The normalized spacial score (nSPS) is 13.7. The molecule has 0 amide bonds. The molecule has 40 heavy (non-hydrogen) atoms. The molecule has 3 aromatic carbocycles. The van der Waals surface area contributed by atoms with E-state index in [-0.39, 0.29) is 18.1 Å². The van der Waals surface area contributed by atoms with Crippen LogP contribution in [0.15, 0.2) is 110 Å². The Morgan fingerprint density at radius 1 is 0.450 bits per heavy atom. The molecule has 0 fully saturated rings. The van der Waals surface area contributed by atoms with E-state index in [1.54, 1.807) is 0 Å². The van der Waals surface area contributed by atoms with Gasteiger partial charge in [0, 0.05) is 18.6 Å². The Hall–Kier alpha value is -4.96. The minimum atomic E-state index is -0.169. The number of hydrogen-bond acceptors (Lipinski definition) is 7. The highest BCUT2D eigenvalue weighted by Crippen LogP contribution is 2.41. The quantitative estimate of drug-likeness (QED) is 0.211. The number of benzene rings is 3. The Labute approximate surface area is 231 Å². The Morgan fingerprint density at radius 2 is 0.750 bits per heavy atom. The topological polar surface area (TPSA) is 128 Å². The maximum Gasteiger partial charge on any atom is 0.0999 e. The lowest BCUT2D eigenvalue weighted by Crippen LogP contribution is -2.40. The second-order valence-electron chi connectivity index (χ2n) is 9.76. The van der Waals surface area contributed by atoms with Crippen molar-refractivity contribution in [2.24, 2.45) is 0 Å². The molecule has 0 aliphatic rings. The van der Waals surface area contributed by atoms with E-state index in [0.29, 0.717) is 19.3 Å². The van der Waals surface area contributed by atoms with Crippen molar-refractivity contribution in [3.05, 3.63) is 143 Å². The van der Waals surface area contributed by atoms with Crippen LogP contribution in [0.2, 0.25) is 0 Å². The highest BCUT2D eigenvalue weighted by atomic mass is 15.4. The Balaban J connectivity index is 1.53. The van der Waals surface area contributed by atoms with E-state index in [9.17, 15) is 0 Å². The lowest BCUT2D eigenvalue weighted by atomic mass is 9.91. The zero-order valence-corrected chi connectivity index (χ0v) is 21.9. The van der Waals surface area contributed by atoms with Gasteiger partial charge in [-0.25, -0.2) is 0 Å². The number of nitrogens with zero attached hydrogens (tertiary/aromatic N) is 7. The van der Waals surface area contributed by atoms with E-state index < -0.39 is 0 Å². The van der Waals surface area contributed by atoms with Gasteiger partial charge in [0.1, 0.15) is 0 Å². The first-order chi connectivity index (χ1) is 19.8. The van der Waals surface area contributed by atoms with E-state index >= 15 is 0 Å². The first-order valence-electron chi connectivity index (χ1n) is 13.3. The number of nitrogens with one attached hydrogen (secondary N) is 3. The molecule has 6 aromatic rings. The van der Waals surface area contributed by atoms with E-state index in [2.05, 4.69) is 124 Å². The third kappa shape index (κ3) is 5.87. The summed E-state index contributed by atoms with van der Waals surface area (Å²) in [5.74, 6) is 0. The van der Waals surface area contributed by atoms with Crippen molar-refractivity contribution >= 4 is 0 Å². The zero-order valence-electron chi connectivity index (χ0n) is 21.9. The van der Waals surface area contributed by atoms with Crippen LogP contribution in [-0.4, -0.2) is 51.1 Å². The lowest BCUT2D eigenvalue weighted by Gasteiger charge is -2.42. The largest absolute Gasteiger partial charge is 0.276 e. The summed E-state index contributed by atoms with van der Waals surface area (Å²) in [4.78, 5) is 2.47. The first kappa shape index (κ1) is 25.3. The molecule has 6 rings (SSSR count). The Morgan fingerprint density at radius 3 is 1.00 bits per heavy atom. The monoisotopic (exact) mass is 530 g/mol. The summed E-state index contributed by atoms with van der Waals surface area (Å²) in [5, 5.41) is 34.8. The number of H-pyrrole nitrogens is 3. The van der Waals surface area contributed by atoms with Gasteiger partial charge in [-0.3, -0.25) is 20.2 Å². The number of hydrogen-bond donors (Lipinski definition) is 3. The van der Waals surface area contributed by atoms with Crippen molar-refractivity contribution < 1.29 is 0 Å². The molecule has 0 spiro atoms. The summed E-state index contributed by atoms with van der Waals surface area (Å²) >= 11 is 0. The summed E-state index contributed by atoms with van der Waals surface area (Å²) in [7, 11) is 0. The van der Waals surface area contributed by atoms with Gasteiger partial charge in [0.15, 0.2) is 0 Å². The van der Waals surface area contributed by atoms with Gasteiger partial charge in [-0.05, 0) is 36.0 Å². The van der Waals surface area contributed by atoms with Crippen molar-refractivity contribution in [3.63, 3.8) is 0 Å². The minimum Gasteiger partial charge on any atom is -0.276 e. The fraction of sp³-hybridized carbons (Fsp3) is 0.200. The van der Waals surface area contributed by atoms with Gasteiger partial charge in [-0.1, -0.05) is 107 Å². The van der Waals surface area contributed by atoms with E-state index in [1.807, 2.05) is 36.8 Å². The molecule has 3 atom stereocenters. The average Bonchev–Trinajstić information content (AvgIpc) is 3.82. The predicted molar refractivity (Wildman–Crippen MR) is 150 cm³/mol. The molecule has 3 unspecified atom stereocenters.